The van der Waals surface area contributed by atoms with Crippen LogP contribution in [-0.4, -0.2) is 14.2 Å². The average Bonchev–Trinajstić information content (AvgIpc) is 2.14. The monoisotopic (exact) mass is 221 g/mol. The summed E-state index contributed by atoms with van der Waals surface area (Å²) in [5.74, 6) is -0.696. The van der Waals surface area contributed by atoms with Crippen molar-refractivity contribution >= 4 is 5.69 Å². The maximum atomic E-state index is 12.6. The van der Waals surface area contributed by atoms with Crippen molar-refractivity contribution in [3.05, 3.63) is 17.7 Å². The Kier molecular flexibility index (Phi) is 2.97. The topological polar surface area (TPSA) is 44.5 Å². The predicted molar refractivity (Wildman–Crippen MR) is 49.0 cm³/mol. The van der Waals surface area contributed by atoms with Crippen LogP contribution in [0.2, 0.25) is 0 Å². The van der Waals surface area contributed by atoms with Gasteiger partial charge in [0, 0.05) is 17.8 Å². The number of rotatable bonds is 2. The third-order valence-corrected chi connectivity index (χ3v) is 1.81. The molecule has 1 aromatic carbocycles. The Bertz CT molecular complexity index is 338. The van der Waals surface area contributed by atoms with Crippen molar-refractivity contribution in [1.29, 1.82) is 0 Å². The smallest absolute Gasteiger partial charge is 0.423 e. The van der Waals surface area contributed by atoms with E-state index in [2.05, 4.69) is 9.47 Å². The zero-order valence-corrected chi connectivity index (χ0v) is 8.18. The van der Waals surface area contributed by atoms with Crippen LogP contribution >= 0.6 is 0 Å². The number of halogens is 3. The minimum Gasteiger partial charge on any atom is -0.496 e. The van der Waals surface area contributed by atoms with Crippen molar-refractivity contribution < 1.29 is 22.6 Å². The second kappa shape index (κ2) is 3.88. The Morgan fingerprint density at radius 2 is 1.47 bits per heavy atom. The van der Waals surface area contributed by atoms with Crippen molar-refractivity contribution in [2.24, 2.45) is 0 Å². The molecule has 15 heavy (non-hydrogen) atoms. The van der Waals surface area contributed by atoms with E-state index < -0.39 is 11.7 Å². The van der Waals surface area contributed by atoms with E-state index >= 15 is 0 Å². The minimum absolute atomic E-state index is 0.150. The first-order valence-corrected chi connectivity index (χ1v) is 3.99. The van der Waals surface area contributed by atoms with E-state index in [0.29, 0.717) is 0 Å². The summed E-state index contributed by atoms with van der Waals surface area (Å²) in [5, 5.41) is 0. The molecule has 0 saturated carbocycles. The van der Waals surface area contributed by atoms with Gasteiger partial charge in [-0.05, 0) is 0 Å². The quantitative estimate of drug-likeness (QED) is 0.779. The summed E-state index contributed by atoms with van der Waals surface area (Å²) in [6, 6.07) is 2.21. The zero-order chi connectivity index (χ0) is 11.6. The molecule has 0 aliphatic carbocycles. The molecule has 0 aliphatic rings. The van der Waals surface area contributed by atoms with Crippen LogP contribution in [-0.2, 0) is 6.18 Å². The molecule has 0 radical (unpaired) electrons. The number of nitrogens with two attached hydrogens (primary N) is 1. The van der Waals surface area contributed by atoms with Gasteiger partial charge in [-0.2, -0.15) is 13.2 Å². The van der Waals surface area contributed by atoms with Gasteiger partial charge in [0.25, 0.3) is 0 Å². The van der Waals surface area contributed by atoms with Crippen LogP contribution in [0.25, 0.3) is 0 Å². The van der Waals surface area contributed by atoms with E-state index in [1.54, 1.807) is 0 Å². The maximum absolute atomic E-state index is 12.6. The molecule has 2 N–H and O–H groups in total. The van der Waals surface area contributed by atoms with Crippen molar-refractivity contribution in [3.63, 3.8) is 0 Å². The van der Waals surface area contributed by atoms with Crippen LogP contribution in [0.4, 0.5) is 18.9 Å². The van der Waals surface area contributed by atoms with Gasteiger partial charge >= 0.3 is 6.18 Å². The number of hydrogen-bond donors (Lipinski definition) is 1. The first-order chi connectivity index (χ1) is 6.90. The number of alkyl halides is 3. The van der Waals surface area contributed by atoms with E-state index in [0.717, 1.165) is 26.4 Å². The van der Waals surface area contributed by atoms with E-state index in [-0.39, 0.29) is 17.2 Å². The van der Waals surface area contributed by atoms with Crippen LogP contribution in [0.1, 0.15) is 5.56 Å². The fraction of sp³-hybridized carbons (Fsp3) is 0.333. The maximum Gasteiger partial charge on any atom is 0.423 e. The number of benzene rings is 1. The molecule has 0 amide bonds. The Labute approximate surface area is 84.6 Å². The Morgan fingerprint density at radius 1 is 1.07 bits per heavy atom. The van der Waals surface area contributed by atoms with E-state index in [1.165, 1.54) is 0 Å². The number of hydrogen-bond acceptors (Lipinski definition) is 3. The molecule has 1 aromatic rings. The molecule has 0 bridgehead atoms. The van der Waals surface area contributed by atoms with Crippen molar-refractivity contribution in [2.45, 2.75) is 6.18 Å². The summed E-state index contributed by atoms with van der Waals surface area (Å²) in [6.45, 7) is 0. The lowest BCUT2D eigenvalue weighted by molar-refractivity contribution is -0.139. The van der Waals surface area contributed by atoms with Crippen molar-refractivity contribution in [1.82, 2.24) is 0 Å². The Balaban J connectivity index is 3.44. The van der Waals surface area contributed by atoms with Crippen LogP contribution in [0.3, 0.4) is 0 Å². The minimum atomic E-state index is -4.54. The van der Waals surface area contributed by atoms with Gasteiger partial charge in [-0.3, -0.25) is 0 Å². The highest BCUT2D eigenvalue weighted by Crippen LogP contribution is 2.43. The lowest BCUT2D eigenvalue weighted by Gasteiger charge is -2.16. The van der Waals surface area contributed by atoms with Crippen LogP contribution < -0.4 is 15.2 Å². The van der Waals surface area contributed by atoms with E-state index in [9.17, 15) is 13.2 Å². The van der Waals surface area contributed by atoms with E-state index in [1.807, 2.05) is 0 Å². The molecular formula is C9H10F3NO2. The number of ether oxygens (including phenoxy) is 2. The van der Waals surface area contributed by atoms with Crippen LogP contribution in [0.15, 0.2) is 12.1 Å². The Morgan fingerprint density at radius 3 is 1.73 bits per heavy atom. The van der Waals surface area contributed by atoms with Gasteiger partial charge in [0.1, 0.15) is 17.1 Å². The highest BCUT2D eigenvalue weighted by Gasteiger charge is 2.38. The highest BCUT2D eigenvalue weighted by atomic mass is 19.4. The molecule has 0 fully saturated rings. The second-order valence-corrected chi connectivity index (χ2v) is 2.80. The standard InChI is InChI=1S/C9H10F3NO2/c1-14-6-3-5(13)4-7(15-2)8(6)9(10,11)12/h3-4H,13H2,1-2H3. The van der Waals surface area contributed by atoms with Gasteiger partial charge in [0.2, 0.25) is 0 Å². The molecule has 0 heterocycles. The summed E-state index contributed by atoms with van der Waals surface area (Å²) in [5.41, 5.74) is 4.59. The number of anilines is 1. The van der Waals surface area contributed by atoms with Gasteiger partial charge in [-0.15, -0.1) is 0 Å². The van der Waals surface area contributed by atoms with E-state index in [4.69, 9.17) is 5.73 Å². The third kappa shape index (κ3) is 2.26. The van der Waals surface area contributed by atoms with Gasteiger partial charge in [0.15, 0.2) is 0 Å². The third-order valence-electron chi connectivity index (χ3n) is 1.81. The van der Waals surface area contributed by atoms with Crippen LogP contribution in [0, 0.1) is 0 Å². The molecule has 1 rings (SSSR count). The molecule has 3 nitrogen and oxygen atoms in total. The average molecular weight is 221 g/mol. The zero-order valence-electron chi connectivity index (χ0n) is 8.18. The summed E-state index contributed by atoms with van der Waals surface area (Å²) >= 11 is 0. The highest BCUT2D eigenvalue weighted by molar-refractivity contribution is 5.57. The molecule has 0 aromatic heterocycles. The summed E-state index contributed by atoms with van der Waals surface area (Å²) in [6.07, 6.45) is -4.54. The molecule has 0 spiro atoms. The van der Waals surface area contributed by atoms with Gasteiger partial charge in [0.05, 0.1) is 14.2 Å². The molecule has 0 saturated heterocycles. The number of nitrogen functional groups attached to an aromatic ring is 1. The normalized spacial score (nSPS) is 11.3. The molecule has 0 aliphatic heterocycles. The molecule has 0 unspecified atom stereocenters. The van der Waals surface area contributed by atoms with Crippen molar-refractivity contribution in [2.75, 3.05) is 20.0 Å². The lowest BCUT2D eigenvalue weighted by Crippen LogP contribution is -2.10. The Hall–Kier alpha value is -1.59. The van der Waals surface area contributed by atoms with Crippen LogP contribution in [0.5, 0.6) is 11.5 Å². The predicted octanol–water partition coefficient (Wildman–Crippen LogP) is 2.30. The van der Waals surface area contributed by atoms with Gasteiger partial charge < -0.3 is 15.2 Å². The van der Waals surface area contributed by atoms with Crippen molar-refractivity contribution in [3.8, 4) is 11.5 Å². The summed E-state index contributed by atoms with van der Waals surface area (Å²) < 4.78 is 47.1. The SMILES string of the molecule is COc1cc(N)cc(OC)c1C(F)(F)F. The van der Waals surface area contributed by atoms with Gasteiger partial charge in [-0.1, -0.05) is 0 Å². The fourth-order valence-corrected chi connectivity index (χ4v) is 1.21. The first-order valence-electron chi connectivity index (χ1n) is 3.99. The molecule has 0 atom stereocenters. The molecular weight excluding hydrogens is 211 g/mol. The molecule has 6 heteroatoms. The first kappa shape index (κ1) is 11.5. The summed E-state index contributed by atoms with van der Waals surface area (Å²) in [4.78, 5) is 0. The lowest BCUT2D eigenvalue weighted by atomic mass is 10.1. The largest absolute Gasteiger partial charge is 0.496 e. The second-order valence-electron chi connectivity index (χ2n) is 2.80. The fourth-order valence-electron chi connectivity index (χ4n) is 1.21. The number of methoxy groups -OCH3 is 2. The van der Waals surface area contributed by atoms with Gasteiger partial charge in [-0.25, -0.2) is 0 Å². The molecule has 84 valence electrons. The summed E-state index contributed by atoms with van der Waals surface area (Å²) in [7, 11) is 2.28.